The molecule has 5 nitrogen and oxygen atoms in total. The van der Waals surface area contributed by atoms with Crippen LogP contribution in [-0.4, -0.2) is 21.5 Å². The minimum Gasteiger partial charge on any atom is -0.478 e. The van der Waals surface area contributed by atoms with E-state index in [-0.39, 0.29) is 0 Å². The van der Waals surface area contributed by atoms with Crippen LogP contribution in [0.4, 0.5) is 5.69 Å². The van der Waals surface area contributed by atoms with Crippen molar-refractivity contribution in [3.05, 3.63) is 77.2 Å². The van der Waals surface area contributed by atoms with E-state index in [1.165, 1.54) is 0 Å². The fourth-order valence-electron chi connectivity index (χ4n) is 2.33. The number of hydrogen-bond acceptors (Lipinski definition) is 3. The maximum Gasteiger partial charge on any atom is 0.217 e. The second kappa shape index (κ2) is 9.30. The Bertz CT molecular complexity index is 971. The first kappa shape index (κ1) is 19.1. The molecule has 0 aliphatic carbocycles. The van der Waals surface area contributed by atoms with Crippen molar-refractivity contribution < 1.29 is 4.74 Å². The van der Waals surface area contributed by atoms with Crippen LogP contribution in [0.2, 0.25) is 5.02 Å². The average molecular weight is 399 g/mol. The Morgan fingerprint density at radius 2 is 1.93 bits per heavy atom. The summed E-state index contributed by atoms with van der Waals surface area (Å²) in [6.45, 7) is 2.64. The Hall–Kier alpha value is -2.70. The van der Waals surface area contributed by atoms with Crippen LogP contribution < -0.4 is 15.4 Å². The van der Waals surface area contributed by atoms with Gasteiger partial charge >= 0.3 is 0 Å². The van der Waals surface area contributed by atoms with Gasteiger partial charge in [-0.2, -0.15) is 5.10 Å². The molecule has 0 amide bonds. The van der Waals surface area contributed by atoms with Crippen LogP contribution in [-0.2, 0) is 0 Å². The molecular weight excluding hydrogens is 380 g/mol. The van der Waals surface area contributed by atoms with Crippen LogP contribution in [0.5, 0.6) is 5.88 Å². The maximum absolute atomic E-state index is 5.89. The van der Waals surface area contributed by atoms with Gasteiger partial charge in [0, 0.05) is 16.8 Å². The molecule has 3 rings (SSSR count). The van der Waals surface area contributed by atoms with Crippen LogP contribution in [0.15, 0.2) is 71.9 Å². The number of ether oxygens (including phenoxy) is 1. The van der Waals surface area contributed by atoms with Crippen molar-refractivity contribution in [2.45, 2.75) is 13.3 Å². The summed E-state index contributed by atoms with van der Waals surface area (Å²) in [6.07, 6.45) is 2.55. The van der Waals surface area contributed by atoms with Crippen molar-refractivity contribution in [1.82, 2.24) is 9.78 Å². The Labute approximate surface area is 168 Å². The lowest BCUT2D eigenvalue weighted by Gasteiger charge is -2.12. The molecule has 138 valence electrons. The number of halogens is 1. The SMILES string of the molecule is CCCOc1cc(=NC(=S)Nc2ccc(Cl)cc2)cnn1-c1ccccc1. The van der Waals surface area contributed by atoms with Gasteiger partial charge in [-0.1, -0.05) is 36.7 Å². The number of para-hydroxylation sites is 1. The third-order valence-corrected chi connectivity index (χ3v) is 4.01. The smallest absolute Gasteiger partial charge is 0.217 e. The number of benzene rings is 2. The maximum atomic E-state index is 5.89. The van der Waals surface area contributed by atoms with Gasteiger partial charge in [0.05, 0.1) is 23.8 Å². The second-order valence-electron chi connectivity index (χ2n) is 5.70. The van der Waals surface area contributed by atoms with E-state index in [2.05, 4.69) is 22.3 Å². The fourth-order valence-corrected chi connectivity index (χ4v) is 2.68. The monoisotopic (exact) mass is 398 g/mol. The molecule has 0 fully saturated rings. The van der Waals surface area contributed by atoms with Gasteiger partial charge in [-0.25, -0.2) is 9.67 Å². The summed E-state index contributed by atoms with van der Waals surface area (Å²) >= 11 is 11.2. The number of nitrogens with one attached hydrogen (secondary N) is 1. The van der Waals surface area contributed by atoms with Gasteiger partial charge in [0.25, 0.3) is 0 Å². The molecule has 1 heterocycles. The van der Waals surface area contributed by atoms with Gasteiger partial charge in [-0.05, 0) is 55.0 Å². The second-order valence-corrected chi connectivity index (χ2v) is 6.52. The van der Waals surface area contributed by atoms with Gasteiger partial charge in [-0.15, -0.1) is 0 Å². The molecule has 0 radical (unpaired) electrons. The third-order valence-electron chi connectivity index (χ3n) is 3.57. The molecule has 2 aromatic carbocycles. The molecule has 0 aliphatic heterocycles. The molecule has 27 heavy (non-hydrogen) atoms. The highest BCUT2D eigenvalue weighted by Crippen LogP contribution is 2.15. The molecular formula is C20H19ClN4OS. The van der Waals surface area contributed by atoms with Crippen molar-refractivity contribution in [2.75, 3.05) is 11.9 Å². The first-order chi connectivity index (χ1) is 13.2. The molecule has 0 saturated carbocycles. The van der Waals surface area contributed by atoms with E-state index in [0.29, 0.717) is 28.0 Å². The van der Waals surface area contributed by atoms with E-state index < -0.39 is 0 Å². The lowest BCUT2D eigenvalue weighted by Crippen LogP contribution is -2.17. The van der Waals surface area contributed by atoms with Crippen molar-refractivity contribution in [3.63, 3.8) is 0 Å². The molecule has 0 spiro atoms. The Morgan fingerprint density at radius 3 is 2.63 bits per heavy atom. The molecule has 1 N–H and O–H groups in total. The largest absolute Gasteiger partial charge is 0.478 e. The zero-order chi connectivity index (χ0) is 19.1. The Kier molecular flexibility index (Phi) is 6.57. The van der Waals surface area contributed by atoms with Gasteiger partial charge in [-0.3, -0.25) is 0 Å². The van der Waals surface area contributed by atoms with E-state index in [9.17, 15) is 0 Å². The van der Waals surface area contributed by atoms with Crippen LogP contribution in [0.25, 0.3) is 5.69 Å². The van der Waals surface area contributed by atoms with Gasteiger partial charge in [0.15, 0.2) is 5.11 Å². The third kappa shape index (κ3) is 5.39. The van der Waals surface area contributed by atoms with Gasteiger partial charge in [0.1, 0.15) is 0 Å². The summed E-state index contributed by atoms with van der Waals surface area (Å²) in [5.74, 6) is 0.610. The highest BCUT2D eigenvalue weighted by Gasteiger charge is 2.05. The van der Waals surface area contributed by atoms with E-state index in [1.54, 1.807) is 23.0 Å². The van der Waals surface area contributed by atoms with Crippen LogP contribution in [0.3, 0.4) is 0 Å². The van der Waals surface area contributed by atoms with E-state index in [1.807, 2.05) is 48.5 Å². The standard InChI is InChI=1S/C20H19ClN4OS/c1-2-12-26-19-13-17(14-22-25(19)18-6-4-3-5-7-18)24-20(27)23-16-10-8-15(21)9-11-16/h3-11,13-14H,2,12H2,1H3,(H,23,27). The number of hydrogen-bond donors (Lipinski definition) is 1. The molecule has 7 heteroatoms. The zero-order valence-corrected chi connectivity index (χ0v) is 16.4. The Morgan fingerprint density at radius 1 is 1.19 bits per heavy atom. The van der Waals surface area contributed by atoms with E-state index >= 15 is 0 Å². The van der Waals surface area contributed by atoms with Crippen molar-refractivity contribution >= 4 is 34.6 Å². The summed E-state index contributed by atoms with van der Waals surface area (Å²) in [6, 6.07) is 18.9. The normalized spacial score (nSPS) is 11.3. The Balaban J connectivity index is 1.87. The first-order valence-corrected chi connectivity index (χ1v) is 9.33. The topological polar surface area (TPSA) is 51.4 Å². The van der Waals surface area contributed by atoms with Crippen molar-refractivity contribution in [1.29, 1.82) is 0 Å². The number of rotatable bonds is 5. The average Bonchev–Trinajstić information content (AvgIpc) is 2.69. The van der Waals surface area contributed by atoms with Gasteiger partial charge in [0.2, 0.25) is 5.88 Å². The summed E-state index contributed by atoms with van der Waals surface area (Å²) < 4.78 is 7.60. The molecule has 0 saturated heterocycles. The quantitative estimate of drug-likeness (QED) is 0.637. The summed E-state index contributed by atoms with van der Waals surface area (Å²) in [7, 11) is 0. The van der Waals surface area contributed by atoms with Crippen LogP contribution >= 0.6 is 23.8 Å². The van der Waals surface area contributed by atoms with E-state index in [4.69, 9.17) is 28.6 Å². The lowest BCUT2D eigenvalue weighted by atomic mass is 10.3. The molecule has 3 aromatic rings. The zero-order valence-electron chi connectivity index (χ0n) is 14.8. The first-order valence-electron chi connectivity index (χ1n) is 8.54. The lowest BCUT2D eigenvalue weighted by molar-refractivity contribution is 0.291. The van der Waals surface area contributed by atoms with Crippen LogP contribution in [0.1, 0.15) is 13.3 Å². The molecule has 0 unspecified atom stereocenters. The minimum absolute atomic E-state index is 0.332. The molecule has 1 aromatic heterocycles. The molecule has 0 atom stereocenters. The van der Waals surface area contributed by atoms with E-state index in [0.717, 1.165) is 17.8 Å². The fraction of sp³-hybridized carbons (Fsp3) is 0.150. The van der Waals surface area contributed by atoms with Crippen molar-refractivity contribution in [3.8, 4) is 11.6 Å². The summed E-state index contributed by atoms with van der Waals surface area (Å²) in [5, 5.41) is 9.13. The van der Waals surface area contributed by atoms with Gasteiger partial charge < -0.3 is 10.1 Å². The predicted molar refractivity (Wildman–Crippen MR) is 113 cm³/mol. The summed E-state index contributed by atoms with van der Waals surface area (Å²) in [5.41, 5.74) is 1.73. The number of nitrogens with zero attached hydrogens (tertiary/aromatic N) is 3. The number of thiocarbonyl (C=S) groups is 1. The van der Waals surface area contributed by atoms with Crippen LogP contribution in [0, 0.1) is 0 Å². The minimum atomic E-state index is 0.332. The number of anilines is 1. The summed E-state index contributed by atoms with van der Waals surface area (Å²) in [4.78, 5) is 4.41. The molecule has 0 bridgehead atoms. The highest BCUT2D eigenvalue weighted by molar-refractivity contribution is 7.80. The molecule has 0 aliphatic rings. The predicted octanol–water partition coefficient (Wildman–Crippen LogP) is 4.61. The highest BCUT2D eigenvalue weighted by atomic mass is 35.5. The number of aromatic nitrogens is 2. The van der Waals surface area contributed by atoms with Crippen molar-refractivity contribution in [2.24, 2.45) is 4.99 Å².